The summed E-state index contributed by atoms with van der Waals surface area (Å²) in [5.74, 6) is -0.799. The monoisotopic (exact) mass is 254 g/mol. The van der Waals surface area contributed by atoms with Crippen LogP contribution in [0.15, 0.2) is 42.5 Å². The molecule has 0 aliphatic carbocycles. The molecule has 0 fully saturated rings. The number of ether oxygens (including phenoxy) is 1. The second kappa shape index (κ2) is 7.48. The van der Waals surface area contributed by atoms with Crippen molar-refractivity contribution in [1.29, 1.82) is 0 Å². The predicted octanol–water partition coefficient (Wildman–Crippen LogP) is 4.33. The maximum atomic E-state index is 12.8. The summed E-state index contributed by atoms with van der Waals surface area (Å²) in [6, 6.07) is 5.86. The van der Waals surface area contributed by atoms with Gasteiger partial charge in [-0.25, -0.2) is 0 Å². The maximum absolute atomic E-state index is 12.8. The van der Waals surface area contributed by atoms with Crippen molar-refractivity contribution in [2.45, 2.75) is 19.8 Å². The van der Waals surface area contributed by atoms with Crippen molar-refractivity contribution in [3.05, 3.63) is 48.1 Å². The fourth-order valence-electron chi connectivity index (χ4n) is 1.38. The number of para-hydroxylation sites is 1. The summed E-state index contributed by atoms with van der Waals surface area (Å²) in [5.41, 5.74) is 0.00129. The Morgan fingerprint density at radius 2 is 2.00 bits per heavy atom. The Hall–Kier alpha value is -1.84. The van der Waals surface area contributed by atoms with Crippen molar-refractivity contribution in [3.63, 3.8) is 0 Å². The van der Waals surface area contributed by atoms with Crippen LogP contribution in [-0.2, 0) is 4.74 Å². The summed E-state index contributed by atoms with van der Waals surface area (Å²) in [5, 5.41) is 9.51. The van der Waals surface area contributed by atoms with Gasteiger partial charge in [0.1, 0.15) is 12.4 Å². The third-order valence-corrected chi connectivity index (χ3v) is 2.27. The van der Waals surface area contributed by atoms with Gasteiger partial charge in [0, 0.05) is 0 Å². The van der Waals surface area contributed by atoms with Gasteiger partial charge in [-0.3, -0.25) is 0 Å². The number of unbranched alkanes of at least 4 members (excludes halogenated alkanes) is 1. The molecule has 4 heteroatoms. The lowest BCUT2D eigenvalue weighted by atomic mass is 10.2. The molecular weight excluding hydrogens is 238 g/mol. The van der Waals surface area contributed by atoms with Crippen LogP contribution in [0.2, 0.25) is 0 Å². The summed E-state index contributed by atoms with van der Waals surface area (Å²) in [6.45, 7) is 2.08. The van der Waals surface area contributed by atoms with Crippen LogP contribution in [0.4, 0.5) is 8.78 Å². The quantitative estimate of drug-likeness (QED) is 0.604. The van der Waals surface area contributed by atoms with Crippen LogP contribution in [-0.4, -0.2) is 11.7 Å². The van der Waals surface area contributed by atoms with Crippen LogP contribution < -0.4 is 0 Å². The molecule has 2 nitrogen and oxygen atoms in total. The highest BCUT2D eigenvalue weighted by molar-refractivity contribution is 5.65. The molecule has 98 valence electrons. The van der Waals surface area contributed by atoms with E-state index in [9.17, 15) is 13.9 Å². The number of halogens is 2. The molecule has 0 radical (unpaired) electrons. The third-order valence-electron chi connectivity index (χ3n) is 2.27. The minimum absolute atomic E-state index is 0.00129. The highest BCUT2D eigenvalue weighted by Crippen LogP contribution is 2.29. The van der Waals surface area contributed by atoms with E-state index in [0.29, 0.717) is 0 Å². The number of phenols is 1. The molecule has 0 aromatic heterocycles. The van der Waals surface area contributed by atoms with E-state index >= 15 is 0 Å². The summed E-state index contributed by atoms with van der Waals surface area (Å²) in [7, 11) is 0. The minimum Gasteiger partial charge on any atom is -0.507 e. The first kappa shape index (κ1) is 14.2. The number of phenolic OH excluding ortho intramolecular Hbond substituents is 1. The van der Waals surface area contributed by atoms with Crippen molar-refractivity contribution in [2.24, 2.45) is 0 Å². The van der Waals surface area contributed by atoms with Gasteiger partial charge < -0.3 is 9.84 Å². The molecule has 1 rings (SSSR count). The number of hydrogen-bond donors (Lipinski definition) is 1. The molecule has 1 N–H and O–H groups in total. The van der Waals surface area contributed by atoms with E-state index in [4.69, 9.17) is 4.74 Å². The average Bonchev–Trinajstić information content (AvgIpc) is 2.35. The third kappa shape index (κ3) is 4.20. The van der Waals surface area contributed by atoms with E-state index in [0.717, 1.165) is 12.8 Å². The predicted molar refractivity (Wildman–Crippen MR) is 67.2 cm³/mol. The summed E-state index contributed by atoms with van der Waals surface area (Å²) in [6.07, 6.45) is 3.50. The molecule has 1 aromatic carbocycles. The first-order chi connectivity index (χ1) is 8.66. The van der Waals surface area contributed by atoms with Gasteiger partial charge >= 0.3 is 6.08 Å². The molecular formula is C14H16F2O2. The van der Waals surface area contributed by atoms with Crippen molar-refractivity contribution in [2.75, 3.05) is 6.61 Å². The SMILES string of the molecule is CCC/C=C\COC(=C(F)F)c1ccccc1O. The second-order valence-corrected chi connectivity index (χ2v) is 3.68. The van der Waals surface area contributed by atoms with Gasteiger partial charge in [0.25, 0.3) is 0 Å². The van der Waals surface area contributed by atoms with Gasteiger partial charge in [0.15, 0.2) is 5.76 Å². The largest absolute Gasteiger partial charge is 0.507 e. The molecule has 0 amide bonds. The van der Waals surface area contributed by atoms with E-state index in [-0.39, 0.29) is 17.9 Å². The van der Waals surface area contributed by atoms with E-state index in [1.807, 2.05) is 13.0 Å². The molecule has 0 heterocycles. The molecule has 0 atom stereocenters. The number of benzene rings is 1. The Morgan fingerprint density at radius 1 is 1.28 bits per heavy atom. The van der Waals surface area contributed by atoms with E-state index < -0.39 is 11.8 Å². The van der Waals surface area contributed by atoms with Crippen LogP contribution in [0.25, 0.3) is 5.76 Å². The maximum Gasteiger partial charge on any atom is 0.312 e. The number of rotatable bonds is 6. The van der Waals surface area contributed by atoms with Crippen molar-refractivity contribution in [3.8, 4) is 5.75 Å². The smallest absolute Gasteiger partial charge is 0.312 e. The van der Waals surface area contributed by atoms with Gasteiger partial charge in [-0.2, -0.15) is 8.78 Å². The van der Waals surface area contributed by atoms with Crippen molar-refractivity contribution < 1.29 is 18.6 Å². The van der Waals surface area contributed by atoms with Crippen LogP contribution in [0.1, 0.15) is 25.3 Å². The molecule has 18 heavy (non-hydrogen) atoms. The number of aromatic hydroxyl groups is 1. The molecule has 1 aromatic rings. The fraction of sp³-hybridized carbons (Fsp3) is 0.286. The average molecular weight is 254 g/mol. The van der Waals surface area contributed by atoms with Crippen molar-refractivity contribution in [1.82, 2.24) is 0 Å². The molecule has 0 saturated heterocycles. The minimum atomic E-state index is -1.94. The number of allylic oxidation sites excluding steroid dienone is 1. The first-order valence-electron chi connectivity index (χ1n) is 5.78. The first-order valence-corrected chi connectivity index (χ1v) is 5.78. The molecule has 0 aliphatic heterocycles. The Kier molecular flexibility index (Phi) is 5.91. The van der Waals surface area contributed by atoms with E-state index in [1.54, 1.807) is 18.2 Å². The highest BCUT2D eigenvalue weighted by atomic mass is 19.3. The normalized spacial score (nSPS) is 10.6. The molecule has 0 aliphatic rings. The standard InChI is InChI=1S/C14H16F2O2/c1-2-3-4-7-10-18-13(14(15)16)11-8-5-6-9-12(11)17/h4-9,17H,2-3,10H2,1H3/b7-4-. The second-order valence-electron chi connectivity index (χ2n) is 3.68. The Bertz CT molecular complexity index is 435. The van der Waals surface area contributed by atoms with Crippen molar-refractivity contribution >= 4 is 5.76 Å². The molecule has 0 spiro atoms. The van der Waals surface area contributed by atoms with Crippen LogP contribution in [0, 0.1) is 0 Å². The zero-order valence-electron chi connectivity index (χ0n) is 10.2. The van der Waals surface area contributed by atoms with Crippen LogP contribution in [0.5, 0.6) is 5.75 Å². The van der Waals surface area contributed by atoms with Gasteiger partial charge in [-0.1, -0.05) is 37.6 Å². The fourth-order valence-corrected chi connectivity index (χ4v) is 1.38. The molecule has 0 saturated carbocycles. The zero-order chi connectivity index (χ0) is 13.4. The van der Waals surface area contributed by atoms with E-state index in [2.05, 4.69) is 0 Å². The van der Waals surface area contributed by atoms with Gasteiger partial charge in [0.2, 0.25) is 0 Å². The van der Waals surface area contributed by atoms with Crippen LogP contribution >= 0.6 is 0 Å². The van der Waals surface area contributed by atoms with Crippen LogP contribution in [0.3, 0.4) is 0 Å². The lowest BCUT2D eigenvalue weighted by Crippen LogP contribution is -1.94. The summed E-state index contributed by atoms with van der Waals surface area (Å²) >= 11 is 0. The molecule has 0 unspecified atom stereocenters. The zero-order valence-corrected chi connectivity index (χ0v) is 10.2. The molecule has 0 bridgehead atoms. The summed E-state index contributed by atoms with van der Waals surface area (Å²) < 4.78 is 30.5. The Balaban J connectivity index is 2.75. The van der Waals surface area contributed by atoms with Gasteiger partial charge in [-0.05, 0) is 18.6 Å². The topological polar surface area (TPSA) is 29.5 Å². The van der Waals surface area contributed by atoms with Gasteiger partial charge in [-0.15, -0.1) is 0 Å². The van der Waals surface area contributed by atoms with E-state index in [1.165, 1.54) is 12.1 Å². The van der Waals surface area contributed by atoms with Gasteiger partial charge in [0.05, 0.1) is 5.56 Å². The summed E-state index contributed by atoms with van der Waals surface area (Å²) in [4.78, 5) is 0. The highest BCUT2D eigenvalue weighted by Gasteiger charge is 2.14. The lowest BCUT2D eigenvalue weighted by molar-refractivity contribution is 0.285. The Morgan fingerprint density at radius 3 is 2.61 bits per heavy atom. The Labute approximate surface area is 105 Å². The lowest BCUT2D eigenvalue weighted by Gasteiger charge is -2.09. The number of hydrogen-bond acceptors (Lipinski definition) is 2.